The number of rotatable bonds is 2. The molecule has 1 saturated carbocycles. The molecule has 0 bridgehead atoms. The molecule has 0 aromatic heterocycles. The van der Waals surface area contributed by atoms with E-state index in [1.54, 1.807) is 0 Å². The van der Waals surface area contributed by atoms with Crippen LogP contribution in [0.15, 0.2) is 12.7 Å². The second-order valence-corrected chi connectivity index (χ2v) is 4.11. The molecule has 1 amide bonds. The maximum Gasteiger partial charge on any atom is 0.243 e. The monoisotopic (exact) mass is 195 g/mol. The molecular formula is C12H21NO. The quantitative estimate of drug-likeness (QED) is 0.674. The van der Waals surface area contributed by atoms with Crippen molar-refractivity contribution in [3.63, 3.8) is 0 Å². The smallest absolute Gasteiger partial charge is 0.243 e. The zero-order chi connectivity index (χ0) is 10.2. The van der Waals surface area contributed by atoms with Gasteiger partial charge in [0.05, 0.1) is 0 Å². The molecule has 0 atom stereocenters. The van der Waals surface area contributed by atoms with E-state index in [1.165, 1.54) is 44.6 Å². The van der Waals surface area contributed by atoms with Gasteiger partial charge in [-0.05, 0) is 18.9 Å². The number of hydrogen-bond acceptors (Lipinski definition) is 1. The molecule has 0 heterocycles. The lowest BCUT2D eigenvalue weighted by atomic mass is 10.1. The maximum absolute atomic E-state index is 11.1. The fraction of sp³-hybridized carbons (Fsp3) is 0.750. The summed E-state index contributed by atoms with van der Waals surface area (Å²) in [6, 6.07) is 0.388. The maximum atomic E-state index is 11.1. The highest BCUT2D eigenvalue weighted by molar-refractivity contribution is 5.87. The van der Waals surface area contributed by atoms with E-state index >= 15 is 0 Å². The van der Waals surface area contributed by atoms with E-state index in [4.69, 9.17) is 0 Å². The third-order valence-corrected chi connectivity index (χ3v) is 2.89. The zero-order valence-electron chi connectivity index (χ0n) is 8.93. The highest BCUT2D eigenvalue weighted by atomic mass is 16.1. The SMILES string of the molecule is C=CC(=O)NC1CCCCCCCC1. The number of nitrogens with one attached hydrogen (secondary N) is 1. The lowest BCUT2D eigenvalue weighted by molar-refractivity contribution is -0.117. The lowest BCUT2D eigenvalue weighted by Crippen LogP contribution is -2.33. The molecule has 2 nitrogen and oxygen atoms in total. The predicted octanol–water partition coefficient (Wildman–Crippen LogP) is 2.79. The van der Waals surface area contributed by atoms with Crippen molar-refractivity contribution in [1.82, 2.24) is 5.32 Å². The van der Waals surface area contributed by atoms with Crippen molar-refractivity contribution in [1.29, 1.82) is 0 Å². The van der Waals surface area contributed by atoms with Crippen LogP contribution in [-0.2, 0) is 4.79 Å². The summed E-state index contributed by atoms with van der Waals surface area (Å²) in [6.45, 7) is 3.47. The third-order valence-electron chi connectivity index (χ3n) is 2.89. The summed E-state index contributed by atoms with van der Waals surface area (Å²) in [5.74, 6) is -0.0192. The molecule has 1 rings (SSSR count). The Labute approximate surface area is 86.8 Å². The van der Waals surface area contributed by atoms with Gasteiger partial charge < -0.3 is 5.32 Å². The predicted molar refractivity (Wildman–Crippen MR) is 59.1 cm³/mol. The Morgan fingerprint density at radius 1 is 1.07 bits per heavy atom. The van der Waals surface area contributed by atoms with Crippen LogP contribution < -0.4 is 5.32 Å². The minimum absolute atomic E-state index is 0.0192. The number of hydrogen-bond donors (Lipinski definition) is 1. The summed E-state index contributed by atoms with van der Waals surface area (Å²) in [4.78, 5) is 11.1. The molecular weight excluding hydrogens is 174 g/mol. The van der Waals surface area contributed by atoms with Crippen molar-refractivity contribution >= 4 is 5.91 Å². The van der Waals surface area contributed by atoms with Crippen LogP contribution in [0.2, 0.25) is 0 Å². The lowest BCUT2D eigenvalue weighted by Gasteiger charge is -2.16. The summed E-state index contributed by atoms with van der Waals surface area (Å²) in [5.41, 5.74) is 0. The molecule has 2 heteroatoms. The molecule has 0 aromatic rings. The van der Waals surface area contributed by atoms with Crippen LogP contribution in [0.3, 0.4) is 0 Å². The Morgan fingerprint density at radius 3 is 2.07 bits per heavy atom. The largest absolute Gasteiger partial charge is 0.350 e. The van der Waals surface area contributed by atoms with E-state index in [0.29, 0.717) is 6.04 Å². The van der Waals surface area contributed by atoms with Crippen LogP contribution in [0, 0.1) is 0 Å². The zero-order valence-corrected chi connectivity index (χ0v) is 8.93. The first-order valence-electron chi connectivity index (χ1n) is 5.76. The Bertz CT molecular complexity index is 179. The third kappa shape index (κ3) is 4.45. The second-order valence-electron chi connectivity index (χ2n) is 4.11. The van der Waals surface area contributed by atoms with Crippen LogP contribution in [0.5, 0.6) is 0 Å². The summed E-state index contributed by atoms with van der Waals surface area (Å²) in [7, 11) is 0. The number of amides is 1. The van der Waals surface area contributed by atoms with Crippen molar-refractivity contribution in [2.45, 2.75) is 57.4 Å². The first kappa shape index (κ1) is 11.3. The highest BCUT2D eigenvalue weighted by Crippen LogP contribution is 2.16. The van der Waals surface area contributed by atoms with E-state index in [9.17, 15) is 4.79 Å². The first-order chi connectivity index (χ1) is 6.83. The van der Waals surface area contributed by atoms with Gasteiger partial charge in [-0.3, -0.25) is 4.79 Å². The minimum Gasteiger partial charge on any atom is -0.350 e. The van der Waals surface area contributed by atoms with Gasteiger partial charge in [0, 0.05) is 6.04 Å². The van der Waals surface area contributed by atoms with Crippen molar-refractivity contribution in [3.05, 3.63) is 12.7 Å². The Kier molecular flexibility index (Phi) is 5.35. The molecule has 1 N–H and O–H groups in total. The molecule has 0 aromatic carbocycles. The van der Waals surface area contributed by atoms with Gasteiger partial charge >= 0.3 is 0 Å². The highest BCUT2D eigenvalue weighted by Gasteiger charge is 2.11. The van der Waals surface area contributed by atoms with E-state index in [-0.39, 0.29) is 5.91 Å². The van der Waals surface area contributed by atoms with Gasteiger partial charge in [0.15, 0.2) is 0 Å². The summed E-state index contributed by atoms with van der Waals surface area (Å²) in [6.07, 6.45) is 11.5. The fourth-order valence-electron chi connectivity index (χ4n) is 2.04. The Balaban J connectivity index is 2.31. The standard InChI is InChI=1S/C12H21NO/c1-2-12(14)13-11-9-7-5-3-4-6-8-10-11/h2,11H,1,3-10H2,(H,13,14). The molecule has 1 aliphatic rings. The van der Waals surface area contributed by atoms with Gasteiger partial charge in [-0.25, -0.2) is 0 Å². The van der Waals surface area contributed by atoms with Gasteiger partial charge in [0.25, 0.3) is 0 Å². The summed E-state index contributed by atoms with van der Waals surface area (Å²) in [5, 5.41) is 3.01. The van der Waals surface area contributed by atoms with E-state index < -0.39 is 0 Å². The average Bonchev–Trinajstić information content (AvgIpc) is 2.31. The van der Waals surface area contributed by atoms with Crippen molar-refractivity contribution in [2.75, 3.05) is 0 Å². The molecule has 14 heavy (non-hydrogen) atoms. The average molecular weight is 195 g/mol. The van der Waals surface area contributed by atoms with Crippen molar-refractivity contribution in [3.8, 4) is 0 Å². The van der Waals surface area contributed by atoms with Gasteiger partial charge in [0.2, 0.25) is 5.91 Å². The van der Waals surface area contributed by atoms with Crippen LogP contribution in [0.1, 0.15) is 51.4 Å². The Hall–Kier alpha value is -0.790. The molecule has 0 radical (unpaired) electrons. The minimum atomic E-state index is -0.0192. The van der Waals surface area contributed by atoms with Gasteiger partial charge in [0.1, 0.15) is 0 Å². The van der Waals surface area contributed by atoms with E-state index in [2.05, 4.69) is 11.9 Å². The number of carbonyl (C=O) groups is 1. The number of carbonyl (C=O) groups excluding carboxylic acids is 1. The van der Waals surface area contributed by atoms with E-state index in [1.807, 2.05) is 0 Å². The summed E-state index contributed by atoms with van der Waals surface area (Å²) < 4.78 is 0. The fourth-order valence-corrected chi connectivity index (χ4v) is 2.04. The van der Waals surface area contributed by atoms with Crippen molar-refractivity contribution in [2.24, 2.45) is 0 Å². The van der Waals surface area contributed by atoms with Crippen LogP contribution >= 0.6 is 0 Å². The van der Waals surface area contributed by atoms with Crippen LogP contribution in [0.25, 0.3) is 0 Å². The molecule has 0 unspecified atom stereocenters. The Morgan fingerprint density at radius 2 is 1.57 bits per heavy atom. The van der Waals surface area contributed by atoms with E-state index in [0.717, 1.165) is 12.8 Å². The van der Waals surface area contributed by atoms with Gasteiger partial charge in [-0.1, -0.05) is 45.1 Å². The molecule has 80 valence electrons. The molecule has 1 aliphatic carbocycles. The molecule has 0 spiro atoms. The van der Waals surface area contributed by atoms with Gasteiger partial charge in [-0.2, -0.15) is 0 Å². The second kappa shape index (κ2) is 6.63. The topological polar surface area (TPSA) is 29.1 Å². The summed E-state index contributed by atoms with van der Waals surface area (Å²) >= 11 is 0. The molecule has 0 aliphatic heterocycles. The normalized spacial score (nSPS) is 20.3. The van der Waals surface area contributed by atoms with Crippen LogP contribution in [-0.4, -0.2) is 11.9 Å². The van der Waals surface area contributed by atoms with Gasteiger partial charge in [-0.15, -0.1) is 0 Å². The van der Waals surface area contributed by atoms with Crippen LogP contribution in [0.4, 0.5) is 0 Å². The molecule has 1 fully saturated rings. The molecule has 0 saturated heterocycles. The van der Waals surface area contributed by atoms with Crippen molar-refractivity contribution < 1.29 is 4.79 Å². The first-order valence-corrected chi connectivity index (χ1v) is 5.76.